The molecule has 6 nitrogen and oxygen atoms in total. The molecule has 0 radical (unpaired) electrons. The molecule has 0 spiro atoms. The minimum Gasteiger partial charge on any atom is -0.361 e. The van der Waals surface area contributed by atoms with E-state index in [4.69, 9.17) is 16.6 Å². The van der Waals surface area contributed by atoms with Crippen molar-refractivity contribution < 1.29 is 0 Å². The number of aliphatic imine (C=N–C) groups is 1. The lowest BCUT2D eigenvalue weighted by atomic mass is 10.0. The summed E-state index contributed by atoms with van der Waals surface area (Å²) in [6.07, 6.45) is 4.76. The maximum absolute atomic E-state index is 6.18. The molecule has 0 aliphatic carbocycles. The number of fused-ring (bicyclic) bond motifs is 3. The molecule has 0 saturated carbocycles. The van der Waals surface area contributed by atoms with Crippen LogP contribution >= 0.6 is 11.6 Å². The van der Waals surface area contributed by atoms with Gasteiger partial charge in [0.1, 0.15) is 12.0 Å². The molecule has 4 rings (SSSR count). The first-order valence-corrected chi connectivity index (χ1v) is 8.38. The molecule has 0 saturated heterocycles. The highest BCUT2D eigenvalue weighted by Crippen LogP contribution is 2.36. The topological polar surface area (TPSA) is 56.7 Å². The molecule has 1 N–H and O–H groups in total. The molecule has 1 aromatic heterocycles. The number of hydrogen-bond acceptors (Lipinski definition) is 6. The van der Waals surface area contributed by atoms with Gasteiger partial charge in [-0.2, -0.15) is 0 Å². The fraction of sp³-hybridized carbons (Fsp3) is 0.353. The number of nitrogens with one attached hydrogen (secondary N) is 1. The van der Waals surface area contributed by atoms with E-state index in [0.29, 0.717) is 11.0 Å². The number of nitrogens with zero attached hydrogens (tertiary/aromatic N) is 5. The number of halogens is 1. The van der Waals surface area contributed by atoms with Crippen molar-refractivity contribution in [3.8, 4) is 0 Å². The molecule has 2 aromatic rings. The van der Waals surface area contributed by atoms with Crippen molar-refractivity contribution in [1.29, 1.82) is 0 Å². The molecule has 2 aliphatic heterocycles. The third-order valence-corrected chi connectivity index (χ3v) is 4.53. The van der Waals surface area contributed by atoms with Gasteiger partial charge in [-0.3, -0.25) is 4.99 Å². The SMILES string of the molecule is CN(C)c1ncc([C@@H]2Nc3cc(Cl)ccc3C3=NCCCN32)cn1. The Bertz CT molecular complexity index is 786. The molecule has 0 amide bonds. The summed E-state index contributed by atoms with van der Waals surface area (Å²) in [4.78, 5) is 17.8. The predicted octanol–water partition coefficient (Wildman–Crippen LogP) is 2.77. The van der Waals surface area contributed by atoms with Crippen LogP contribution in [0.15, 0.2) is 35.6 Å². The van der Waals surface area contributed by atoms with Crippen molar-refractivity contribution in [2.45, 2.75) is 12.6 Å². The van der Waals surface area contributed by atoms with E-state index in [1.807, 2.05) is 49.6 Å². The lowest BCUT2D eigenvalue weighted by Gasteiger charge is -2.42. The standard InChI is InChI=1S/C17H19ClN6/c1-23(2)17-20-9-11(10-21-17)15-22-14-8-12(18)4-5-13(14)16-19-6-3-7-24(15)16/h4-5,8-10,15,22H,3,6-7H2,1-2H3/t15-/m1/s1. The average Bonchev–Trinajstić information content (AvgIpc) is 2.61. The van der Waals surface area contributed by atoms with Gasteiger partial charge in [0.25, 0.3) is 0 Å². The summed E-state index contributed by atoms with van der Waals surface area (Å²) in [6, 6.07) is 5.89. The lowest BCUT2D eigenvalue weighted by Crippen LogP contribution is -2.46. The first-order chi connectivity index (χ1) is 11.6. The lowest BCUT2D eigenvalue weighted by molar-refractivity contribution is 0.321. The van der Waals surface area contributed by atoms with E-state index in [-0.39, 0.29) is 6.17 Å². The van der Waals surface area contributed by atoms with Crippen LogP contribution in [-0.2, 0) is 0 Å². The van der Waals surface area contributed by atoms with E-state index in [0.717, 1.165) is 42.2 Å². The fourth-order valence-electron chi connectivity index (χ4n) is 3.14. The summed E-state index contributed by atoms with van der Waals surface area (Å²) < 4.78 is 0. The van der Waals surface area contributed by atoms with Gasteiger partial charge in [0, 0.05) is 61.4 Å². The Labute approximate surface area is 146 Å². The van der Waals surface area contributed by atoms with Gasteiger partial charge in [0.2, 0.25) is 5.95 Å². The second kappa shape index (κ2) is 5.94. The van der Waals surface area contributed by atoms with Gasteiger partial charge in [0.05, 0.1) is 0 Å². The quantitative estimate of drug-likeness (QED) is 0.909. The molecule has 1 aromatic carbocycles. The maximum atomic E-state index is 6.18. The van der Waals surface area contributed by atoms with Crippen molar-refractivity contribution >= 4 is 29.1 Å². The number of rotatable bonds is 2. The number of anilines is 2. The summed E-state index contributed by atoms with van der Waals surface area (Å²) in [5, 5.41) is 4.28. The molecule has 1 atom stereocenters. The van der Waals surface area contributed by atoms with Crippen LogP contribution in [0.1, 0.15) is 23.7 Å². The average molecular weight is 343 g/mol. The zero-order valence-corrected chi connectivity index (χ0v) is 14.5. The second-order valence-corrected chi connectivity index (χ2v) is 6.64. The number of amidine groups is 1. The molecule has 24 heavy (non-hydrogen) atoms. The van der Waals surface area contributed by atoms with E-state index in [2.05, 4.69) is 20.2 Å². The van der Waals surface area contributed by atoms with Gasteiger partial charge >= 0.3 is 0 Å². The molecule has 0 bridgehead atoms. The smallest absolute Gasteiger partial charge is 0.224 e. The Kier molecular flexibility index (Phi) is 3.76. The molecular formula is C17H19ClN6. The zero-order chi connectivity index (χ0) is 16.7. The third-order valence-electron chi connectivity index (χ3n) is 4.29. The number of aromatic nitrogens is 2. The van der Waals surface area contributed by atoms with E-state index in [9.17, 15) is 0 Å². The minimum atomic E-state index is -0.0359. The Morgan fingerprint density at radius 3 is 2.79 bits per heavy atom. The first-order valence-electron chi connectivity index (χ1n) is 8.00. The number of hydrogen-bond donors (Lipinski definition) is 1. The highest BCUT2D eigenvalue weighted by atomic mass is 35.5. The van der Waals surface area contributed by atoms with Crippen LogP contribution in [0.2, 0.25) is 5.02 Å². The second-order valence-electron chi connectivity index (χ2n) is 6.20. The van der Waals surface area contributed by atoms with Crippen LogP contribution in [0.4, 0.5) is 11.6 Å². The highest BCUT2D eigenvalue weighted by Gasteiger charge is 2.33. The Balaban J connectivity index is 1.76. The third kappa shape index (κ3) is 2.57. The molecule has 124 valence electrons. The highest BCUT2D eigenvalue weighted by molar-refractivity contribution is 6.31. The van der Waals surface area contributed by atoms with E-state index in [1.165, 1.54) is 0 Å². The largest absolute Gasteiger partial charge is 0.361 e. The van der Waals surface area contributed by atoms with Crippen molar-refractivity contribution in [3.05, 3.63) is 46.7 Å². The number of benzene rings is 1. The van der Waals surface area contributed by atoms with Gasteiger partial charge in [-0.1, -0.05) is 11.6 Å². The van der Waals surface area contributed by atoms with Gasteiger partial charge in [0.15, 0.2) is 0 Å². The summed E-state index contributed by atoms with van der Waals surface area (Å²) in [5.74, 6) is 1.72. The maximum Gasteiger partial charge on any atom is 0.224 e. The van der Waals surface area contributed by atoms with Crippen LogP contribution in [0.25, 0.3) is 0 Å². The summed E-state index contributed by atoms with van der Waals surface area (Å²) in [5.41, 5.74) is 3.11. The van der Waals surface area contributed by atoms with Crippen LogP contribution in [0, 0.1) is 0 Å². The Morgan fingerprint density at radius 1 is 1.25 bits per heavy atom. The van der Waals surface area contributed by atoms with E-state index < -0.39 is 0 Å². The molecule has 0 unspecified atom stereocenters. The van der Waals surface area contributed by atoms with Gasteiger partial charge in [-0.15, -0.1) is 0 Å². The molecule has 0 fully saturated rings. The van der Waals surface area contributed by atoms with Gasteiger partial charge in [-0.25, -0.2) is 9.97 Å². The fourth-order valence-corrected chi connectivity index (χ4v) is 3.31. The normalized spacial score (nSPS) is 19.0. The van der Waals surface area contributed by atoms with Crippen molar-refractivity contribution in [3.63, 3.8) is 0 Å². The Hall–Kier alpha value is -2.34. The van der Waals surface area contributed by atoms with Crippen molar-refractivity contribution in [2.75, 3.05) is 37.4 Å². The molecule has 2 aliphatic rings. The monoisotopic (exact) mass is 342 g/mol. The van der Waals surface area contributed by atoms with Crippen LogP contribution in [0.5, 0.6) is 0 Å². The summed E-state index contributed by atoms with van der Waals surface area (Å²) >= 11 is 6.18. The first kappa shape index (κ1) is 15.2. The van der Waals surface area contributed by atoms with Gasteiger partial charge in [-0.05, 0) is 24.6 Å². The van der Waals surface area contributed by atoms with E-state index in [1.54, 1.807) is 0 Å². The minimum absolute atomic E-state index is 0.0359. The van der Waals surface area contributed by atoms with Crippen molar-refractivity contribution in [1.82, 2.24) is 14.9 Å². The molecular weight excluding hydrogens is 324 g/mol. The zero-order valence-electron chi connectivity index (χ0n) is 13.7. The summed E-state index contributed by atoms with van der Waals surface area (Å²) in [6.45, 7) is 1.81. The molecule has 7 heteroatoms. The van der Waals surface area contributed by atoms with Gasteiger partial charge < -0.3 is 15.1 Å². The summed E-state index contributed by atoms with van der Waals surface area (Å²) in [7, 11) is 3.86. The Morgan fingerprint density at radius 2 is 2.04 bits per heavy atom. The molecule has 3 heterocycles. The van der Waals surface area contributed by atoms with E-state index >= 15 is 0 Å². The van der Waals surface area contributed by atoms with Crippen LogP contribution in [0.3, 0.4) is 0 Å². The predicted molar refractivity (Wildman–Crippen MR) is 96.9 cm³/mol. The van der Waals surface area contributed by atoms with Crippen molar-refractivity contribution in [2.24, 2.45) is 4.99 Å². The van der Waals surface area contributed by atoms with Crippen LogP contribution in [-0.4, -0.2) is 47.9 Å². The van der Waals surface area contributed by atoms with Crippen LogP contribution < -0.4 is 10.2 Å².